The first-order valence-electron chi connectivity index (χ1n) is 13.6. The van der Waals surface area contributed by atoms with Crippen molar-refractivity contribution in [2.75, 3.05) is 7.11 Å². The summed E-state index contributed by atoms with van der Waals surface area (Å²) >= 11 is 0. The zero-order valence-electron chi connectivity index (χ0n) is 24.2. The van der Waals surface area contributed by atoms with Crippen LogP contribution in [0.4, 0.5) is 0 Å². The third-order valence-electron chi connectivity index (χ3n) is 8.29. The number of rotatable bonds is 9. The standard InChI is InChI=1S/C30H50O5Si/c1-11-13-19-29(35-36(9,10)28(5,6)7)21-25(12-2)33-30(22-29)20-18-24(4)26(34-30)16-14-23(3)15-17-27(31)32-8/h2,14-15,17,24-26H,11,13,16,18-22H2,1,3-10H3/b17-15+,23-14+/t24-,25-,26+,29+,30+/m0/s1. The number of unbranched alkanes of at least 4 members (excludes halogenated alkanes) is 1. The van der Waals surface area contributed by atoms with Crippen molar-refractivity contribution in [1.29, 1.82) is 0 Å². The molecule has 0 bridgehead atoms. The summed E-state index contributed by atoms with van der Waals surface area (Å²) < 4.78 is 25.3. The van der Waals surface area contributed by atoms with Crippen LogP contribution in [0.2, 0.25) is 18.1 Å². The van der Waals surface area contributed by atoms with Gasteiger partial charge in [-0.15, -0.1) is 6.42 Å². The molecule has 0 aromatic heterocycles. The molecule has 2 aliphatic rings. The first-order valence-corrected chi connectivity index (χ1v) is 16.6. The van der Waals surface area contributed by atoms with Gasteiger partial charge in [-0.3, -0.25) is 0 Å². The first kappa shape index (κ1) is 30.8. The second-order valence-corrected chi connectivity index (χ2v) is 17.2. The van der Waals surface area contributed by atoms with E-state index in [0.717, 1.165) is 56.9 Å². The minimum Gasteiger partial charge on any atom is -0.466 e. The minimum absolute atomic E-state index is 0.00787. The van der Waals surface area contributed by atoms with E-state index in [-0.39, 0.29) is 28.8 Å². The van der Waals surface area contributed by atoms with Crippen molar-refractivity contribution in [2.24, 2.45) is 5.92 Å². The number of carbonyl (C=O) groups is 1. The maximum absolute atomic E-state index is 11.4. The van der Waals surface area contributed by atoms with Gasteiger partial charge in [0.05, 0.1) is 18.8 Å². The van der Waals surface area contributed by atoms with Crippen LogP contribution >= 0.6 is 0 Å². The summed E-state index contributed by atoms with van der Waals surface area (Å²) in [4.78, 5) is 11.4. The zero-order chi connectivity index (χ0) is 27.2. The highest BCUT2D eigenvalue weighted by molar-refractivity contribution is 6.74. The summed E-state index contributed by atoms with van der Waals surface area (Å²) in [6.45, 7) is 18.0. The van der Waals surface area contributed by atoms with Gasteiger partial charge in [0.2, 0.25) is 0 Å². The van der Waals surface area contributed by atoms with E-state index in [9.17, 15) is 4.79 Å². The fourth-order valence-corrected chi connectivity index (χ4v) is 6.71. The molecular weight excluding hydrogens is 468 g/mol. The summed E-state index contributed by atoms with van der Waals surface area (Å²) in [6, 6.07) is 0. The van der Waals surface area contributed by atoms with Crippen LogP contribution in [0.15, 0.2) is 23.8 Å². The van der Waals surface area contributed by atoms with E-state index in [0.29, 0.717) is 5.92 Å². The van der Waals surface area contributed by atoms with E-state index in [4.69, 9.17) is 25.1 Å². The zero-order valence-corrected chi connectivity index (χ0v) is 25.2. The molecule has 2 fully saturated rings. The third kappa shape index (κ3) is 8.05. The van der Waals surface area contributed by atoms with Gasteiger partial charge in [0, 0.05) is 25.3 Å². The molecule has 0 aromatic rings. The molecule has 5 nitrogen and oxygen atoms in total. The number of methoxy groups -OCH3 is 1. The quantitative estimate of drug-likeness (QED) is 0.105. The molecule has 36 heavy (non-hydrogen) atoms. The molecule has 0 aliphatic carbocycles. The monoisotopic (exact) mass is 518 g/mol. The molecule has 0 saturated carbocycles. The SMILES string of the molecule is C#C[C@H]1C[C@@](CCCC)(O[Si](C)(C)C(C)(C)C)C[C@]2(CC[C@H](C)[C@@H](C/C=C(C)/C=C/C(=O)OC)O2)O1. The first-order chi connectivity index (χ1) is 16.7. The molecule has 5 atom stereocenters. The Labute approximate surface area is 221 Å². The molecule has 0 unspecified atom stereocenters. The van der Waals surface area contributed by atoms with E-state index in [1.807, 2.05) is 6.92 Å². The van der Waals surface area contributed by atoms with Gasteiger partial charge < -0.3 is 18.6 Å². The highest BCUT2D eigenvalue weighted by atomic mass is 28.4. The second kappa shape index (κ2) is 12.4. The maximum atomic E-state index is 11.4. The highest BCUT2D eigenvalue weighted by Gasteiger charge is 2.55. The Balaban J connectivity index is 2.33. The van der Waals surface area contributed by atoms with E-state index in [2.05, 4.69) is 59.7 Å². The van der Waals surface area contributed by atoms with Crippen LogP contribution < -0.4 is 0 Å². The molecule has 6 heteroatoms. The number of esters is 1. The molecule has 1 spiro atoms. The van der Waals surface area contributed by atoms with Gasteiger partial charge in [0.25, 0.3) is 0 Å². The van der Waals surface area contributed by atoms with Crippen LogP contribution in [0.1, 0.15) is 92.9 Å². The third-order valence-corrected chi connectivity index (χ3v) is 12.8. The lowest BCUT2D eigenvalue weighted by Gasteiger charge is -2.56. The summed E-state index contributed by atoms with van der Waals surface area (Å²) in [7, 11) is -0.673. The Morgan fingerprint density at radius 2 is 1.94 bits per heavy atom. The summed E-state index contributed by atoms with van der Waals surface area (Å²) in [5.41, 5.74) is 0.662. The topological polar surface area (TPSA) is 54.0 Å². The predicted molar refractivity (Wildman–Crippen MR) is 149 cm³/mol. The summed E-state index contributed by atoms with van der Waals surface area (Å²) in [6.07, 6.45) is 18.2. The van der Waals surface area contributed by atoms with Gasteiger partial charge >= 0.3 is 5.97 Å². The average molecular weight is 519 g/mol. The van der Waals surface area contributed by atoms with Crippen LogP contribution in [0.5, 0.6) is 0 Å². The lowest BCUT2D eigenvalue weighted by Crippen LogP contribution is -2.61. The Morgan fingerprint density at radius 3 is 2.53 bits per heavy atom. The van der Waals surface area contributed by atoms with Crippen molar-refractivity contribution in [3.8, 4) is 12.3 Å². The molecule has 2 aliphatic heterocycles. The van der Waals surface area contributed by atoms with Gasteiger partial charge in [-0.1, -0.05) is 71.1 Å². The number of terminal acetylenes is 1. The Bertz CT molecular complexity index is 848. The van der Waals surface area contributed by atoms with Crippen LogP contribution in [-0.2, 0) is 23.4 Å². The van der Waals surface area contributed by atoms with E-state index >= 15 is 0 Å². The highest BCUT2D eigenvalue weighted by Crippen LogP contribution is 2.51. The molecular formula is C30H50O5Si. The van der Waals surface area contributed by atoms with Crippen molar-refractivity contribution >= 4 is 14.3 Å². The number of hydrogen-bond acceptors (Lipinski definition) is 5. The van der Waals surface area contributed by atoms with Crippen LogP contribution in [-0.4, -0.2) is 45.0 Å². The molecule has 2 saturated heterocycles. The van der Waals surface area contributed by atoms with Crippen LogP contribution in [0.3, 0.4) is 0 Å². The maximum Gasteiger partial charge on any atom is 0.330 e. The Hall–Kier alpha value is -1.39. The largest absolute Gasteiger partial charge is 0.466 e. The predicted octanol–water partition coefficient (Wildman–Crippen LogP) is 7.33. The molecule has 0 amide bonds. The number of carbonyl (C=O) groups excluding carboxylic acids is 1. The van der Waals surface area contributed by atoms with Crippen LogP contribution in [0.25, 0.3) is 0 Å². The molecule has 0 radical (unpaired) electrons. The van der Waals surface area contributed by atoms with Gasteiger partial charge in [-0.05, 0) is 50.2 Å². The Morgan fingerprint density at radius 1 is 1.25 bits per heavy atom. The molecule has 0 aromatic carbocycles. The number of ether oxygens (including phenoxy) is 3. The van der Waals surface area contributed by atoms with Gasteiger partial charge in [0.15, 0.2) is 14.1 Å². The van der Waals surface area contributed by atoms with E-state index in [1.54, 1.807) is 6.08 Å². The molecule has 0 N–H and O–H groups in total. The number of hydrogen-bond donors (Lipinski definition) is 0. The van der Waals surface area contributed by atoms with Crippen molar-refractivity contribution in [3.63, 3.8) is 0 Å². The lowest BCUT2D eigenvalue weighted by molar-refractivity contribution is -0.338. The van der Waals surface area contributed by atoms with Crippen molar-refractivity contribution in [2.45, 2.75) is 135 Å². The smallest absolute Gasteiger partial charge is 0.330 e. The molecule has 2 heterocycles. The summed E-state index contributed by atoms with van der Waals surface area (Å²) in [5.74, 6) is 2.22. The van der Waals surface area contributed by atoms with E-state index < -0.39 is 14.1 Å². The van der Waals surface area contributed by atoms with E-state index in [1.165, 1.54) is 13.2 Å². The average Bonchev–Trinajstić information content (AvgIpc) is 2.80. The fraction of sp³-hybridized carbons (Fsp3) is 0.767. The minimum atomic E-state index is -2.05. The molecule has 204 valence electrons. The fourth-order valence-electron chi connectivity index (χ4n) is 5.07. The lowest BCUT2D eigenvalue weighted by atomic mass is 9.77. The van der Waals surface area contributed by atoms with Gasteiger partial charge in [-0.2, -0.15) is 0 Å². The van der Waals surface area contributed by atoms with Crippen molar-refractivity contribution in [3.05, 3.63) is 23.8 Å². The summed E-state index contributed by atoms with van der Waals surface area (Å²) in [5, 5.41) is 0.105. The Kier molecular flexibility index (Phi) is 10.6. The van der Waals surface area contributed by atoms with Gasteiger partial charge in [0.1, 0.15) is 6.10 Å². The normalized spacial score (nSPS) is 32.0. The van der Waals surface area contributed by atoms with Gasteiger partial charge in [-0.25, -0.2) is 4.79 Å². The molecule has 2 rings (SSSR count). The second-order valence-electron chi connectivity index (χ2n) is 12.4. The van der Waals surface area contributed by atoms with Crippen molar-refractivity contribution in [1.82, 2.24) is 0 Å². The number of allylic oxidation sites excluding steroid dienone is 2. The van der Waals surface area contributed by atoms with Crippen molar-refractivity contribution < 1.29 is 23.4 Å². The van der Waals surface area contributed by atoms with Crippen LogP contribution in [0, 0.1) is 18.3 Å².